The number of phenolic OH excluding ortho intramolecular Hbond substituents is 2. The zero-order valence-electron chi connectivity index (χ0n) is 20.9. The molecule has 5 aromatic carbocycles. The van der Waals surface area contributed by atoms with Crippen molar-refractivity contribution < 1.29 is 10.2 Å². The Hall–Kier alpha value is -3.78. The Balaban J connectivity index is 0.000000453. The number of benzene rings is 5. The van der Waals surface area contributed by atoms with Gasteiger partial charge in [0.25, 0.3) is 0 Å². The highest BCUT2D eigenvalue weighted by Crippen LogP contribution is 2.23. The molecular formula is C33H42O2. The highest BCUT2D eigenvalue weighted by molar-refractivity contribution is 5.88. The molecule has 35 heavy (non-hydrogen) atoms. The molecule has 2 nitrogen and oxygen atoms in total. The van der Waals surface area contributed by atoms with Crippen LogP contribution < -0.4 is 0 Å². The molecule has 2 heteroatoms. The van der Waals surface area contributed by atoms with Crippen molar-refractivity contribution in [3.63, 3.8) is 0 Å². The summed E-state index contributed by atoms with van der Waals surface area (Å²) in [5, 5.41) is 22.7. The number of hydrogen-bond donors (Lipinski definition) is 2. The van der Waals surface area contributed by atoms with Crippen LogP contribution in [0.4, 0.5) is 0 Å². The van der Waals surface area contributed by atoms with Gasteiger partial charge in [0.05, 0.1) is 0 Å². The Morgan fingerprint density at radius 2 is 0.657 bits per heavy atom. The molecule has 0 aliphatic carbocycles. The molecule has 0 saturated carbocycles. The molecule has 0 atom stereocenters. The minimum absolute atomic E-state index is 0. The van der Waals surface area contributed by atoms with Crippen LogP contribution in [-0.2, 0) is 0 Å². The third-order valence-electron chi connectivity index (χ3n) is 4.20. The monoisotopic (exact) mass is 470 g/mol. The van der Waals surface area contributed by atoms with Gasteiger partial charge in [-0.3, -0.25) is 0 Å². The largest absolute Gasteiger partial charge is 0.507 e. The molecule has 0 bridgehead atoms. The van der Waals surface area contributed by atoms with E-state index in [2.05, 4.69) is 27.7 Å². The molecule has 0 aliphatic rings. The number of aromatic hydroxyl groups is 2. The Bertz CT molecular complexity index is 1050. The molecular weight excluding hydrogens is 428 g/mol. The van der Waals surface area contributed by atoms with Gasteiger partial charge in [-0.05, 0) is 22.9 Å². The van der Waals surface area contributed by atoms with Crippen LogP contribution in [0.5, 0.6) is 11.5 Å². The lowest BCUT2D eigenvalue weighted by Gasteiger charge is -1.97. The SMILES string of the molecule is C.CCC.CCC.Oc1cccc2ccccc12.Oc1cccc2ccccc12.c1ccccc1. The number of phenols is 2. The van der Waals surface area contributed by atoms with E-state index in [0.29, 0.717) is 11.5 Å². The summed E-state index contributed by atoms with van der Waals surface area (Å²) in [6.07, 6.45) is 2.50. The summed E-state index contributed by atoms with van der Waals surface area (Å²) in [6.45, 7) is 8.50. The first kappa shape index (κ1) is 31.2. The van der Waals surface area contributed by atoms with Crippen molar-refractivity contribution in [2.75, 3.05) is 0 Å². The molecule has 0 saturated heterocycles. The second-order valence-corrected chi connectivity index (χ2v) is 7.57. The summed E-state index contributed by atoms with van der Waals surface area (Å²) >= 11 is 0. The van der Waals surface area contributed by atoms with Crippen molar-refractivity contribution in [2.24, 2.45) is 0 Å². The molecule has 5 rings (SSSR count). The fourth-order valence-corrected chi connectivity index (χ4v) is 2.80. The van der Waals surface area contributed by atoms with Crippen LogP contribution in [0, 0.1) is 0 Å². The van der Waals surface area contributed by atoms with Gasteiger partial charge >= 0.3 is 0 Å². The Morgan fingerprint density at radius 1 is 0.400 bits per heavy atom. The maximum atomic E-state index is 9.37. The molecule has 0 fully saturated rings. The van der Waals surface area contributed by atoms with Crippen LogP contribution in [0.2, 0.25) is 0 Å². The number of hydrogen-bond acceptors (Lipinski definition) is 2. The van der Waals surface area contributed by atoms with E-state index in [1.165, 1.54) is 12.8 Å². The minimum Gasteiger partial charge on any atom is -0.507 e. The summed E-state index contributed by atoms with van der Waals surface area (Å²) in [5.41, 5.74) is 0. The topological polar surface area (TPSA) is 40.5 Å². The number of rotatable bonds is 0. The summed E-state index contributed by atoms with van der Waals surface area (Å²) in [6, 6.07) is 38.6. The van der Waals surface area contributed by atoms with E-state index < -0.39 is 0 Å². The summed E-state index contributed by atoms with van der Waals surface area (Å²) in [4.78, 5) is 0. The van der Waals surface area contributed by atoms with Gasteiger partial charge < -0.3 is 10.2 Å². The van der Waals surface area contributed by atoms with Gasteiger partial charge in [0.15, 0.2) is 0 Å². The maximum absolute atomic E-state index is 9.37. The van der Waals surface area contributed by atoms with E-state index in [0.717, 1.165) is 21.5 Å². The lowest BCUT2D eigenvalue weighted by Crippen LogP contribution is -1.70. The van der Waals surface area contributed by atoms with E-state index in [1.54, 1.807) is 12.1 Å². The van der Waals surface area contributed by atoms with Crippen LogP contribution in [0.25, 0.3) is 21.5 Å². The molecule has 0 radical (unpaired) electrons. The first-order valence-corrected chi connectivity index (χ1v) is 11.9. The average molecular weight is 471 g/mol. The summed E-state index contributed by atoms with van der Waals surface area (Å²) < 4.78 is 0. The van der Waals surface area contributed by atoms with Crippen molar-refractivity contribution in [2.45, 2.75) is 48.0 Å². The van der Waals surface area contributed by atoms with Crippen molar-refractivity contribution in [1.29, 1.82) is 0 Å². The van der Waals surface area contributed by atoms with Crippen molar-refractivity contribution in [3.05, 3.63) is 121 Å². The molecule has 0 amide bonds. The normalized spacial score (nSPS) is 8.80. The highest BCUT2D eigenvalue weighted by atomic mass is 16.3. The third kappa shape index (κ3) is 12.3. The van der Waals surface area contributed by atoms with Gasteiger partial charge in [-0.25, -0.2) is 0 Å². The van der Waals surface area contributed by atoms with Crippen LogP contribution in [0.1, 0.15) is 48.0 Å². The molecule has 2 N–H and O–H groups in total. The predicted octanol–water partition coefficient (Wildman–Crippen LogP) is 10.2. The lowest BCUT2D eigenvalue weighted by atomic mass is 10.1. The summed E-state index contributed by atoms with van der Waals surface area (Å²) in [5.74, 6) is 0.700. The van der Waals surface area contributed by atoms with Gasteiger partial charge in [-0.1, -0.05) is 157 Å². The fourth-order valence-electron chi connectivity index (χ4n) is 2.80. The molecule has 0 aromatic heterocycles. The maximum Gasteiger partial charge on any atom is 0.123 e. The lowest BCUT2D eigenvalue weighted by molar-refractivity contribution is 0.481. The third-order valence-corrected chi connectivity index (χ3v) is 4.20. The van der Waals surface area contributed by atoms with Crippen LogP contribution >= 0.6 is 0 Å². The summed E-state index contributed by atoms with van der Waals surface area (Å²) in [7, 11) is 0. The van der Waals surface area contributed by atoms with Gasteiger partial charge in [0.1, 0.15) is 11.5 Å². The van der Waals surface area contributed by atoms with E-state index >= 15 is 0 Å². The first-order chi connectivity index (χ1) is 16.6. The van der Waals surface area contributed by atoms with Crippen molar-refractivity contribution >= 4 is 21.5 Å². The standard InChI is InChI=1S/2C10H8O.C6H6.2C3H8.CH4/c2*11-10-7-3-5-8-4-1-2-6-9(8)10;1-2-4-6-5-3-1;2*1-3-2;/h2*1-7,11H;1-6H;2*3H2,1-2H3;1H4. The van der Waals surface area contributed by atoms with E-state index in [-0.39, 0.29) is 7.43 Å². The zero-order valence-corrected chi connectivity index (χ0v) is 20.9. The van der Waals surface area contributed by atoms with Gasteiger partial charge in [-0.15, -0.1) is 0 Å². The average Bonchev–Trinajstić information content (AvgIpc) is 2.88. The second kappa shape index (κ2) is 19.7. The molecule has 0 unspecified atom stereocenters. The smallest absolute Gasteiger partial charge is 0.123 e. The Kier molecular flexibility index (Phi) is 17.5. The molecule has 186 valence electrons. The van der Waals surface area contributed by atoms with Crippen LogP contribution in [-0.4, -0.2) is 10.2 Å². The van der Waals surface area contributed by atoms with Crippen LogP contribution in [0.3, 0.4) is 0 Å². The van der Waals surface area contributed by atoms with E-state index in [1.807, 2.05) is 109 Å². The van der Waals surface area contributed by atoms with Gasteiger partial charge in [0, 0.05) is 10.8 Å². The minimum atomic E-state index is 0. The Labute approximate surface area is 212 Å². The van der Waals surface area contributed by atoms with E-state index in [9.17, 15) is 10.2 Å². The second-order valence-electron chi connectivity index (χ2n) is 7.57. The zero-order chi connectivity index (χ0) is 25.0. The van der Waals surface area contributed by atoms with Gasteiger partial charge in [0.2, 0.25) is 0 Å². The highest BCUT2D eigenvalue weighted by Gasteiger charge is 1.95. The molecule has 0 aliphatic heterocycles. The van der Waals surface area contributed by atoms with Crippen molar-refractivity contribution in [1.82, 2.24) is 0 Å². The predicted molar refractivity (Wildman–Crippen MR) is 156 cm³/mol. The Morgan fingerprint density at radius 3 is 0.943 bits per heavy atom. The molecule has 0 spiro atoms. The molecule has 5 aromatic rings. The first-order valence-electron chi connectivity index (χ1n) is 11.9. The molecule has 0 heterocycles. The quantitative estimate of drug-likeness (QED) is 0.236. The van der Waals surface area contributed by atoms with Crippen molar-refractivity contribution in [3.8, 4) is 11.5 Å². The van der Waals surface area contributed by atoms with Gasteiger partial charge in [-0.2, -0.15) is 0 Å². The fraction of sp³-hybridized carbons (Fsp3) is 0.212. The number of fused-ring (bicyclic) bond motifs is 2. The van der Waals surface area contributed by atoms with E-state index in [4.69, 9.17) is 0 Å². The van der Waals surface area contributed by atoms with Crippen LogP contribution in [0.15, 0.2) is 121 Å².